The number of fused-ring (bicyclic) bond motifs is 4. The first-order valence-corrected chi connectivity index (χ1v) is 27.2. The zero-order valence-corrected chi connectivity index (χ0v) is 44.3. The van der Waals surface area contributed by atoms with Gasteiger partial charge in [0.2, 0.25) is 0 Å². The predicted octanol–water partition coefficient (Wildman–Crippen LogP) is 16.0. The Labute approximate surface area is 417 Å². The van der Waals surface area contributed by atoms with Gasteiger partial charge < -0.3 is 14.0 Å². The first-order valence-electron chi connectivity index (χ1n) is 23.7. The number of nitrogens with zero attached hydrogens (tertiary/aromatic N) is 4. The molecule has 7 heteroatoms. The Morgan fingerprint density at radius 3 is 1.91 bits per heavy atom. The second-order valence-corrected chi connectivity index (χ2v) is 24.9. The number of benzene rings is 6. The third-order valence-electron chi connectivity index (χ3n) is 12.6. The van der Waals surface area contributed by atoms with E-state index in [0.29, 0.717) is 5.92 Å². The van der Waals surface area contributed by atoms with E-state index in [2.05, 4.69) is 199 Å². The van der Waals surface area contributed by atoms with Crippen LogP contribution in [0.5, 0.6) is 0 Å². The minimum atomic E-state index is -1.34. The van der Waals surface area contributed by atoms with Gasteiger partial charge in [-0.2, -0.15) is 0 Å². The standard InChI is InChI=1S/C43H36N3O.C18H24NSi.Ir/c1-26(2)35-23-31(29-15-8-6-9-16-29)24-36(27(3)4)41(35)46-38-25-37(30-17-10-7-11-18-30)44-28(5)40(38)45-43(46)34-21-14-20-33-32-19-12-13-22-39(32)47-42(33)34;1-14(2)11-16-12-17(15-9-7-6-8-10-15)19-13-18(16)20(3,4)5;/h6-20,22-27H,1-5H3;6-9,12-14H,11H2,1-5H3;/q2*-1;. The third kappa shape index (κ3) is 9.71. The van der Waals surface area contributed by atoms with E-state index in [1.807, 2.05) is 42.5 Å². The molecule has 6 aromatic carbocycles. The molecule has 0 aliphatic carbocycles. The number of rotatable bonds is 10. The van der Waals surface area contributed by atoms with Crippen LogP contribution in [0.25, 0.3) is 83.7 Å². The van der Waals surface area contributed by atoms with Crippen molar-refractivity contribution in [3.63, 3.8) is 0 Å². The summed E-state index contributed by atoms with van der Waals surface area (Å²) in [5, 5.41) is 3.63. The van der Waals surface area contributed by atoms with E-state index in [1.165, 1.54) is 38.7 Å². The monoisotopic (exact) mass is 1090 g/mol. The summed E-state index contributed by atoms with van der Waals surface area (Å²) in [7, 11) is -1.34. The van der Waals surface area contributed by atoms with Gasteiger partial charge in [-0.15, -0.1) is 54.1 Å². The maximum atomic E-state index is 6.58. The summed E-state index contributed by atoms with van der Waals surface area (Å²) in [6, 6.07) is 57.5. The van der Waals surface area contributed by atoms with E-state index in [1.54, 1.807) is 0 Å². The van der Waals surface area contributed by atoms with Gasteiger partial charge in [-0.3, -0.25) is 9.97 Å². The molecule has 0 saturated heterocycles. The predicted molar refractivity (Wildman–Crippen MR) is 284 cm³/mol. The Morgan fingerprint density at radius 1 is 0.632 bits per heavy atom. The molecule has 10 rings (SSSR count). The largest absolute Gasteiger partial charge is 0.501 e. The molecule has 0 atom stereocenters. The van der Waals surface area contributed by atoms with Crippen LogP contribution in [0.3, 0.4) is 0 Å². The second kappa shape index (κ2) is 20.2. The summed E-state index contributed by atoms with van der Waals surface area (Å²) in [5.74, 6) is 1.97. The van der Waals surface area contributed by atoms with Gasteiger partial charge >= 0.3 is 0 Å². The number of para-hydroxylation sites is 1. The number of hydrogen-bond acceptors (Lipinski definition) is 4. The molecule has 0 spiro atoms. The van der Waals surface area contributed by atoms with Crippen LogP contribution in [-0.2, 0) is 26.5 Å². The van der Waals surface area contributed by atoms with Crippen molar-refractivity contribution >= 4 is 46.2 Å². The molecule has 345 valence electrons. The van der Waals surface area contributed by atoms with Crippen LogP contribution < -0.4 is 5.19 Å². The Hall–Kier alpha value is -6.24. The van der Waals surface area contributed by atoms with E-state index in [4.69, 9.17) is 14.4 Å². The number of aryl methyl sites for hydroxylation is 1. The van der Waals surface area contributed by atoms with Crippen molar-refractivity contribution in [3.8, 4) is 50.7 Å². The van der Waals surface area contributed by atoms with Crippen LogP contribution in [0, 0.1) is 25.0 Å². The van der Waals surface area contributed by atoms with E-state index < -0.39 is 8.07 Å². The van der Waals surface area contributed by atoms with E-state index >= 15 is 0 Å². The second-order valence-electron chi connectivity index (χ2n) is 19.8. The molecule has 0 aliphatic heterocycles. The molecule has 1 radical (unpaired) electrons. The SMILES string of the molecule is CC(C)Cc1cc(-c2[c-]cccc2)ncc1[Si](C)(C)C.Cc1nc(-c2ccccc2)cc2c1nc(-c1[c-]ccc3c1oc1ccccc13)n2-c1c(C(C)C)cc(-c2ccccc2)cc1C(C)C.[Ir]. The van der Waals surface area contributed by atoms with Crippen LogP contribution in [-0.4, -0.2) is 27.6 Å². The van der Waals surface area contributed by atoms with Crippen molar-refractivity contribution in [2.75, 3.05) is 0 Å². The number of imidazole rings is 1. The molecule has 4 heterocycles. The number of pyridine rings is 2. The summed E-state index contributed by atoms with van der Waals surface area (Å²) in [6.07, 6.45) is 3.24. The smallest absolute Gasteiger partial charge is 0.120 e. The molecule has 0 bridgehead atoms. The minimum Gasteiger partial charge on any atom is -0.501 e. The van der Waals surface area contributed by atoms with Crippen LogP contribution >= 0.6 is 0 Å². The fourth-order valence-corrected chi connectivity index (χ4v) is 10.9. The number of hydrogen-bond donors (Lipinski definition) is 0. The Morgan fingerprint density at radius 2 is 1.28 bits per heavy atom. The van der Waals surface area contributed by atoms with Crippen LogP contribution in [0.1, 0.15) is 75.8 Å². The molecule has 10 aromatic rings. The first kappa shape index (κ1) is 48.2. The summed E-state index contributed by atoms with van der Waals surface area (Å²) in [6.45, 7) is 22.9. The molecule has 0 amide bonds. The normalized spacial score (nSPS) is 11.7. The van der Waals surface area contributed by atoms with Gasteiger partial charge in [0.05, 0.1) is 41.9 Å². The van der Waals surface area contributed by atoms with Gasteiger partial charge in [-0.1, -0.05) is 163 Å². The van der Waals surface area contributed by atoms with Crippen molar-refractivity contribution in [2.24, 2.45) is 5.92 Å². The van der Waals surface area contributed by atoms with Gasteiger partial charge in [0, 0.05) is 42.9 Å². The van der Waals surface area contributed by atoms with Crippen LogP contribution in [0.15, 0.2) is 156 Å². The van der Waals surface area contributed by atoms with E-state index in [0.717, 1.165) is 79.0 Å². The Bertz CT molecular complexity index is 3320. The summed E-state index contributed by atoms with van der Waals surface area (Å²) in [4.78, 5) is 15.2. The summed E-state index contributed by atoms with van der Waals surface area (Å²) >= 11 is 0. The number of aromatic nitrogens is 4. The molecule has 4 aromatic heterocycles. The third-order valence-corrected chi connectivity index (χ3v) is 14.7. The number of furan rings is 1. The van der Waals surface area contributed by atoms with Crippen molar-refractivity contribution < 1.29 is 24.5 Å². The first-order chi connectivity index (χ1) is 32.3. The van der Waals surface area contributed by atoms with Crippen molar-refractivity contribution in [1.29, 1.82) is 0 Å². The maximum absolute atomic E-state index is 6.58. The van der Waals surface area contributed by atoms with Gasteiger partial charge in [-0.05, 0) is 88.5 Å². The Balaban J connectivity index is 0.000000251. The van der Waals surface area contributed by atoms with Gasteiger partial charge in [0.1, 0.15) is 5.58 Å². The van der Waals surface area contributed by atoms with E-state index in [9.17, 15) is 0 Å². The fraction of sp³-hybridized carbons (Fsp3) is 0.230. The van der Waals surface area contributed by atoms with Crippen molar-refractivity contribution in [3.05, 3.63) is 186 Å². The molecule has 5 nitrogen and oxygen atoms in total. The fourth-order valence-electron chi connectivity index (χ4n) is 9.33. The molecule has 0 saturated carbocycles. The quantitative estimate of drug-likeness (QED) is 0.101. The summed E-state index contributed by atoms with van der Waals surface area (Å²) in [5.41, 5.74) is 17.0. The van der Waals surface area contributed by atoms with Crippen molar-refractivity contribution in [1.82, 2.24) is 19.5 Å². The topological polar surface area (TPSA) is 56.7 Å². The van der Waals surface area contributed by atoms with Crippen LogP contribution in [0.2, 0.25) is 19.6 Å². The molecular formula is C61H60IrN4OSi-2. The zero-order valence-electron chi connectivity index (χ0n) is 40.9. The van der Waals surface area contributed by atoms with Crippen molar-refractivity contribution in [2.45, 2.75) is 86.4 Å². The molecule has 0 N–H and O–H groups in total. The van der Waals surface area contributed by atoms with Gasteiger partial charge in [0.15, 0.2) is 0 Å². The minimum absolute atomic E-state index is 0. The van der Waals surface area contributed by atoms with E-state index in [-0.39, 0.29) is 31.9 Å². The molecule has 68 heavy (non-hydrogen) atoms. The van der Waals surface area contributed by atoms with Gasteiger partial charge in [0.25, 0.3) is 0 Å². The van der Waals surface area contributed by atoms with Crippen LogP contribution in [0.4, 0.5) is 0 Å². The molecular weight excluding hydrogens is 1030 g/mol. The summed E-state index contributed by atoms with van der Waals surface area (Å²) < 4.78 is 8.95. The average molecular weight is 1090 g/mol. The Kier molecular flexibility index (Phi) is 14.3. The molecule has 0 unspecified atom stereocenters. The molecule has 0 fully saturated rings. The average Bonchev–Trinajstić information content (AvgIpc) is 3.91. The van der Waals surface area contributed by atoms with Gasteiger partial charge in [-0.25, -0.2) is 0 Å². The molecule has 0 aliphatic rings. The zero-order chi connectivity index (χ0) is 47.0. The maximum Gasteiger partial charge on any atom is 0.120 e.